The number of amides is 4. The maximum Gasteiger partial charge on any atom is 0.404 e. The molecule has 11 heteroatoms. The van der Waals surface area contributed by atoms with Gasteiger partial charge in [0, 0.05) is 62.3 Å². The van der Waals surface area contributed by atoms with Crippen molar-refractivity contribution in [1.29, 1.82) is 0 Å². The zero-order valence-corrected chi connectivity index (χ0v) is 24.9. The highest BCUT2D eigenvalue weighted by molar-refractivity contribution is 6.07. The number of nitrogens with zero attached hydrogens (tertiary/aromatic N) is 5. The van der Waals surface area contributed by atoms with Gasteiger partial charge < -0.3 is 20.6 Å². The van der Waals surface area contributed by atoms with E-state index in [0.717, 1.165) is 64.6 Å². The van der Waals surface area contributed by atoms with Crippen LogP contribution in [-0.2, 0) is 17.9 Å². The Labute approximate surface area is 261 Å². The lowest BCUT2D eigenvalue weighted by Crippen LogP contribution is -2.38. The number of hydrogen-bond acceptors (Lipinski definition) is 6. The number of pyridine rings is 2. The van der Waals surface area contributed by atoms with Crippen LogP contribution in [0, 0.1) is 0 Å². The number of anilines is 1. The van der Waals surface area contributed by atoms with E-state index < -0.39 is 12.0 Å². The number of benzene rings is 2. The van der Waals surface area contributed by atoms with Crippen molar-refractivity contribution >= 4 is 40.3 Å². The molecule has 230 valence electrons. The van der Waals surface area contributed by atoms with Gasteiger partial charge in [-0.1, -0.05) is 43.2 Å². The fraction of sp³-hybridized carbons (Fsp3) is 0.294. The standard InChI is InChI=1S/C34H35N7O4/c42-32-29(27-7-5-9-30-28(27)8-6-16-36-30)19-31(39-41(32)18-4-2-1-3-15-37-34(44)45)23-10-12-26(13-11-23)38-33(43)40-21-24-14-17-35-20-25(24)22-40/h5-14,16-17,20,29,37H,1-4,15,18-19,21-22H2,(H,38,43)(H,44,45). The molecule has 0 bridgehead atoms. The second-order valence-corrected chi connectivity index (χ2v) is 11.3. The highest BCUT2D eigenvalue weighted by atomic mass is 16.4. The molecule has 1 atom stereocenters. The molecule has 4 amide bonds. The highest BCUT2D eigenvalue weighted by Crippen LogP contribution is 2.33. The van der Waals surface area contributed by atoms with Gasteiger partial charge in [0.25, 0.3) is 5.91 Å². The Morgan fingerprint density at radius 2 is 1.73 bits per heavy atom. The monoisotopic (exact) mass is 605 g/mol. The summed E-state index contributed by atoms with van der Waals surface area (Å²) < 4.78 is 0. The molecule has 11 nitrogen and oxygen atoms in total. The van der Waals surface area contributed by atoms with Crippen LogP contribution >= 0.6 is 0 Å². The van der Waals surface area contributed by atoms with Crippen LogP contribution in [0.5, 0.6) is 0 Å². The van der Waals surface area contributed by atoms with Gasteiger partial charge in [-0.3, -0.25) is 14.8 Å². The van der Waals surface area contributed by atoms with Gasteiger partial charge in [0.05, 0.1) is 17.1 Å². The minimum Gasteiger partial charge on any atom is -0.465 e. The Hall–Kier alpha value is -5.32. The lowest BCUT2D eigenvalue weighted by Gasteiger charge is -2.30. The van der Waals surface area contributed by atoms with E-state index in [2.05, 4.69) is 20.6 Å². The van der Waals surface area contributed by atoms with Crippen LogP contribution in [0.1, 0.15) is 60.3 Å². The predicted molar refractivity (Wildman–Crippen MR) is 171 cm³/mol. The fourth-order valence-corrected chi connectivity index (χ4v) is 5.95. The van der Waals surface area contributed by atoms with Gasteiger partial charge in [0.15, 0.2) is 0 Å². The van der Waals surface area contributed by atoms with E-state index >= 15 is 0 Å². The van der Waals surface area contributed by atoms with Crippen molar-refractivity contribution in [2.75, 3.05) is 18.4 Å². The first-order chi connectivity index (χ1) is 22.0. The van der Waals surface area contributed by atoms with Crippen LogP contribution in [0.2, 0.25) is 0 Å². The molecule has 0 radical (unpaired) electrons. The quantitative estimate of drug-likeness (QED) is 0.197. The van der Waals surface area contributed by atoms with Gasteiger partial charge in [0.2, 0.25) is 0 Å². The van der Waals surface area contributed by atoms with E-state index in [1.807, 2.05) is 60.7 Å². The van der Waals surface area contributed by atoms with Crippen LogP contribution in [0.25, 0.3) is 10.9 Å². The van der Waals surface area contributed by atoms with Crippen LogP contribution in [0.15, 0.2) is 84.4 Å². The number of fused-ring (bicyclic) bond motifs is 2. The summed E-state index contributed by atoms with van der Waals surface area (Å²) in [6, 6.07) is 19.1. The SMILES string of the molecule is O=C(O)NCCCCCCN1N=C(c2ccc(NC(=O)N3Cc4ccncc4C3)cc2)CC(c2cccc3ncccc23)C1=O. The van der Waals surface area contributed by atoms with Gasteiger partial charge in [-0.2, -0.15) is 5.10 Å². The Morgan fingerprint density at radius 1 is 0.911 bits per heavy atom. The Morgan fingerprint density at radius 3 is 2.56 bits per heavy atom. The van der Waals surface area contributed by atoms with Gasteiger partial charge in [-0.05, 0) is 65.4 Å². The number of unbranched alkanes of at least 4 members (excludes halogenated alkanes) is 3. The molecular weight excluding hydrogens is 570 g/mol. The first kappa shape index (κ1) is 29.7. The average Bonchev–Trinajstić information content (AvgIpc) is 3.50. The molecule has 0 aliphatic carbocycles. The molecular formula is C34H35N7O4. The van der Waals surface area contributed by atoms with Crippen molar-refractivity contribution in [1.82, 2.24) is 25.2 Å². The summed E-state index contributed by atoms with van der Waals surface area (Å²) in [5.74, 6) is -0.468. The first-order valence-corrected chi connectivity index (χ1v) is 15.2. The van der Waals surface area contributed by atoms with Crippen LogP contribution in [0.4, 0.5) is 15.3 Å². The number of carbonyl (C=O) groups is 3. The fourth-order valence-electron chi connectivity index (χ4n) is 5.95. The van der Waals surface area contributed by atoms with Crippen LogP contribution < -0.4 is 10.6 Å². The number of aromatic nitrogens is 2. The zero-order chi connectivity index (χ0) is 31.2. The molecule has 2 aromatic carbocycles. The molecule has 0 fully saturated rings. The average molecular weight is 606 g/mol. The lowest BCUT2D eigenvalue weighted by molar-refractivity contribution is -0.133. The molecule has 2 aliphatic rings. The predicted octanol–water partition coefficient (Wildman–Crippen LogP) is 5.73. The minimum atomic E-state index is -1.02. The van der Waals surface area contributed by atoms with Gasteiger partial charge in [-0.15, -0.1) is 0 Å². The Kier molecular flexibility index (Phi) is 8.95. The summed E-state index contributed by atoms with van der Waals surface area (Å²) in [6.45, 7) is 1.96. The number of rotatable bonds is 10. The molecule has 0 spiro atoms. The summed E-state index contributed by atoms with van der Waals surface area (Å²) in [7, 11) is 0. The second kappa shape index (κ2) is 13.5. The number of hydrazone groups is 1. The summed E-state index contributed by atoms with van der Waals surface area (Å²) >= 11 is 0. The maximum atomic E-state index is 13.8. The van der Waals surface area contributed by atoms with Crippen molar-refractivity contribution in [3.05, 3.63) is 102 Å². The van der Waals surface area contributed by atoms with Crippen molar-refractivity contribution in [2.45, 2.75) is 51.1 Å². The van der Waals surface area contributed by atoms with Crippen molar-refractivity contribution in [2.24, 2.45) is 5.10 Å². The number of urea groups is 1. The third kappa shape index (κ3) is 6.93. The largest absolute Gasteiger partial charge is 0.465 e. The molecule has 4 aromatic rings. The molecule has 3 N–H and O–H groups in total. The maximum absolute atomic E-state index is 13.8. The highest BCUT2D eigenvalue weighted by Gasteiger charge is 2.33. The topological polar surface area (TPSA) is 140 Å². The lowest BCUT2D eigenvalue weighted by atomic mass is 9.86. The van der Waals surface area contributed by atoms with Crippen molar-refractivity contribution in [3.63, 3.8) is 0 Å². The number of carbonyl (C=O) groups excluding carboxylic acids is 2. The van der Waals surface area contributed by atoms with E-state index in [-0.39, 0.29) is 11.9 Å². The van der Waals surface area contributed by atoms with E-state index in [9.17, 15) is 14.4 Å². The normalized spacial score (nSPS) is 16.0. The number of nitrogens with one attached hydrogen (secondary N) is 2. The molecule has 2 aliphatic heterocycles. The molecule has 4 heterocycles. The zero-order valence-electron chi connectivity index (χ0n) is 24.9. The third-order valence-corrected chi connectivity index (χ3v) is 8.30. The summed E-state index contributed by atoms with van der Waals surface area (Å²) in [5.41, 5.74) is 6.29. The molecule has 45 heavy (non-hydrogen) atoms. The Bertz CT molecular complexity index is 1710. The number of hydrogen-bond donors (Lipinski definition) is 3. The minimum absolute atomic E-state index is 0.0478. The smallest absolute Gasteiger partial charge is 0.404 e. The van der Waals surface area contributed by atoms with E-state index in [4.69, 9.17) is 10.2 Å². The number of carboxylic acid groups (broad SMARTS) is 1. The van der Waals surface area contributed by atoms with Gasteiger partial charge in [0.1, 0.15) is 0 Å². The van der Waals surface area contributed by atoms with Gasteiger partial charge >= 0.3 is 12.1 Å². The first-order valence-electron chi connectivity index (χ1n) is 15.2. The second-order valence-electron chi connectivity index (χ2n) is 11.3. The van der Waals surface area contributed by atoms with Gasteiger partial charge in [-0.25, -0.2) is 14.6 Å². The summed E-state index contributed by atoms with van der Waals surface area (Å²) in [5, 5.41) is 21.5. The van der Waals surface area contributed by atoms with Crippen molar-refractivity contribution < 1.29 is 19.5 Å². The molecule has 6 rings (SSSR count). The third-order valence-electron chi connectivity index (χ3n) is 8.30. The van der Waals surface area contributed by atoms with E-state index in [0.29, 0.717) is 38.3 Å². The summed E-state index contributed by atoms with van der Waals surface area (Å²) in [4.78, 5) is 47.9. The van der Waals surface area contributed by atoms with E-state index in [1.165, 1.54) is 0 Å². The molecule has 0 saturated heterocycles. The molecule has 0 saturated carbocycles. The van der Waals surface area contributed by atoms with Crippen molar-refractivity contribution in [3.8, 4) is 0 Å². The Balaban J connectivity index is 1.17. The van der Waals surface area contributed by atoms with E-state index in [1.54, 1.807) is 28.5 Å². The summed E-state index contributed by atoms with van der Waals surface area (Å²) in [6.07, 6.45) is 7.92. The van der Waals surface area contributed by atoms with Crippen LogP contribution in [-0.4, -0.2) is 61.8 Å². The molecule has 1 unspecified atom stereocenters. The van der Waals surface area contributed by atoms with Crippen LogP contribution in [0.3, 0.4) is 0 Å². The molecule has 2 aromatic heterocycles.